The van der Waals surface area contributed by atoms with Gasteiger partial charge >= 0.3 is 36.1 Å². The number of carbonyl (C=O) groups excluding carboxylic acids is 4. The second-order valence-corrected chi connectivity index (χ2v) is 8.65. The van der Waals surface area contributed by atoms with Crippen LogP contribution in [0.5, 0.6) is 11.5 Å². The summed E-state index contributed by atoms with van der Waals surface area (Å²) in [7, 11) is 0. The lowest BCUT2D eigenvalue weighted by Gasteiger charge is -2.36. The van der Waals surface area contributed by atoms with Gasteiger partial charge in [0.05, 0.1) is 34.1 Å². The number of hydrogen-bond donors (Lipinski definition) is 0. The molecule has 1 fully saturated rings. The Morgan fingerprint density at radius 3 is 1.28 bits per heavy atom. The summed E-state index contributed by atoms with van der Waals surface area (Å²) >= 11 is 0. The van der Waals surface area contributed by atoms with Crippen LogP contribution >= 0.6 is 0 Å². The van der Waals surface area contributed by atoms with E-state index in [9.17, 15) is 36.7 Å². The van der Waals surface area contributed by atoms with Gasteiger partial charge in [-0.3, -0.25) is 0 Å². The fraction of sp³-hybridized carbons (Fsp3) is 0.333. The number of cyclic esters (lactones) is 4. The lowest BCUT2D eigenvalue weighted by atomic mass is 9.80. The Morgan fingerprint density at radius 1 is 0.583 bits per heavy atom. The molecule has 0 amide bonds. The van der Waals surface area contributed by atoms with Crippen molar-refractivity contribution in [1.29, 1.82) is 0 Å². The molecule has 2 aliphatic heterocycles. The third-order valence-electron chi connectivity index (χ3n) is 6.42. The Hall–Kier alpha value is -3.96. The summed E-state index contributed by atoms with van der Waals surface area (Å²) in [6.07, 6.45) is -8.65. The first-order chi connectivity index (χ1) is 16.9. The van der Waals surface area contributed by atoms with E-state index in [1.807, 2.05) is 0 Å². The largest absolute Gasteiger partial charge is 0.432 e. The Bertz CT molecular complexity index is 1200. The van der Waals surface area contributed by atoms with Crippen LogP contribution in [0.15, 0.2) is 36.4 Å². The Morgan fingerprint density at radius 2 is 0.917 bits per heavy atom. The van der Waals surface area contributed by atoms with Gasteiger partial charge in [-0.2, -0.15) is 17.6 Å². The van der Waals surface area contributed by atoms with Crippen LogP contribution in [0.2, 0.25) is 0 Å². The van der Waals surface area contributed by atoms with E-state index in [4.69, 9.17) is 9.47 Å². The monoisotopic (exact) mass is 508 g/mol. The van der Waals surface area contributed by atoms with Crippen LogP contribution in [0.4, 0.5) is 17.6 Å². The molecule has 2 aromatic rings. The van der Waals surface area contributed by atoms with Crippen molar-refractivity contribution in [2.45, 2.75) is 37.9 Å². The molecule has 2 heterocycles. The summed E-state index contributed by atoms with van der Waals surface area (Å²) in [4.78, 5) is 46.2. The first kappa shape index (κ1) is 23.8. The van der Waals surface area contributed by atoms with Gasteiger partial charge in [-0.1, -0.05) is 0 Å². The Kier molecular flexibility index (Phi) is 5.49. The molecule has 2 aromatic carbocycles. The van der Waals surface area contributed by atoms with Crippen molar-refractivity contribution in [3.63, 3.8) is 0 Å². The quantitative estimate of drug-likeness (QED) is 0.313. The minimum atomic E-state index is -3.73. The van der Waals surface area contributed by atoms with Crippen molar-refractivity contribution in [3.05, 3.63) is 58.7 Å². The van der Waals surface area contributed by atoms with Gasteiger partial charge in [-0.25, -0.2) is 19.2 Å². The van der Waals surface area contributed by atoms with Gasteiger partial charge in [0.15, 0.2) is 0 Å². The van der Waals surface area contributed by atoms with Gasteiger partial charge in [0.1, 0.15) is 11.5 Å². The summed E-state index contributed by atoms with van der Waals surface area (Å²) < 4.78 is 77.6. The zero-order chi connectivity index (χ0) is 25.8. The molecule has 3 aliphatic rings. The number of fused-ring (bicyclic) bond motifs is 2. The highest BCUT2D eigenvalue weighted by atomic mass is 19.3. The van der Waals surface area contributed by atoms with Crippen LogP contribution in [0, 0.1) is 11.8 Å². The van der Waals surface area contributed by atoms with Crippen LogP contribution in [0.3, 0.4) is 0 Å². The topological polar surface area (TPSA) is 105 Å². The molecular formula is C24H16F4O8. The van der Waals surface area contributed by atoms with Gasteiger partial charge in [0.25, 0.3) is 0 Å². The molecular weight excluding hydrogens is 492 g/mol. The number of rotatable bonds is 6. The minimum absolute atomic E-state index is 0.0646. The van der Waals surface area contributed by atoms with E-state index < -0.39 is 47.9 Å². The standard InChI is InChI=1S/C24H16F4O8/c25-23(26,35-13-5-7-15-17(9-13)21(31)33-19(15)29)11-1-2-12(4-3-11)24(27,28)36-14-6-8-16-18(10-14)22(32)34-20(16)30/h5-12H,1-4H2. The predicted octanol–water partition coefficient (Wildman–Crippen LogP) is 4.76. The molecule has 5 rings (SSSR count). The number of benzene rings is 2. The van der Waals surface area contributed by atoms with Gasteiger partial charge in [0.2, 0.25) is 0 Å². The summed E-state index contributed by atoms with van der Waals surface area (Å²) in [5.74, 6) is -7.22. The lowest BCUT2D eigenvalue weighted by Crippen LogP contribution is -2.42. The third-order valence-corrected chi connectivity index (χ3v) is 6.42. The molecule has 0 saturated heterocycles. The second-order valence-electron chi connectivity index (χ2n) is 8.65. The van der Waals surface area contributed by atoms with Gasteiger partial charge in [-0.15, -0.1) is 0 Å². The predicted molar refractivity (Wildman–Crippen MR) is 109 cm³/mol. The number of alkyl halides is 4. The molecule has 1 aliphatic carbocycles. The maximum atomic E-state index is 14.8. The maximum absolute atomic E-state index is 14.8. The van der Waals surface area contributed by atoms with E-state index in [2.05, 4.69) is 9.47 Å². The van der Waals surface area contributed by atoms with E-state index in [0.717, 1.165) is 36.4 Å². The molecule has 12 heteroatoms. The van der Waals surface area contributed by atoms with Gasteiger partial charge in [0, 0.05) is 0 Å². The van der Waals surface area contributed by atoms with Crippen molar-refractivity contribution in [2.24, 2.45) is 11.8 Å². The lowest BCUT2D eigenvalue weighted by molar-refractivity contribution is -0.249. The van der Waals surface area contributed by atoms with Crippen LogP contribution < -0.4 is 9.47 Å². The molecule has 0 N–H and O–H groups in total. The molecule has 36 heavy (non-hydrogen) atoms. The third kappa shape index (κ3) is 4.16. The minimum Gasteiger partial charge on any atom is -0.432 e. The van der Waals surface area contributed by atoms with Crippen LogP contribution in [0.25, 0.3) is 0 Å². The van der Waals surface area contributed by atoms with Crippen molar-refractivity contribution >= 4 is 23.9 Å². The number of esters is 4. The number of hydrogen-bond acceptors (Lipinski definition) is 8. The summed E-state index contributed by atoms with van der Waals surface area (Å²) in [6, 6.07) is 6.42. The number of halogens is 4. The Labute approximate surface area is 200 Å². The fourth-order valence-corrected chi connectivity index (χ4v) is 4.50. The highest BCUT2D eigenvalue weighted by Gasteiger charge is 2.50. The molecule has 0 aromatic heterocycles. The Balaban J connectivity index is 1.22. The zero-order valence-corrected chi connectivity index (χ0v) is 18.2. The second kappa shape index (κ2) is 8.32. The molecule has 0 spiro atoms. The molecule has 0 unspecified atom stereocenters. The van der Waals surface area contributed by atoms with E-state index >= 15 is 0 Å². The van der Waals surface area contributed by atoms with E-state index in [-0.39, 0.29) is 59.4 Å². The van der Waals surface area contributed by atoms with E-state index in [1.165, 1.54) is 0 Å². The van der Waals surface area contributed by atoms with Crippen molar-refractivity contribution < 1.29 is 55.7 Å². The average Bonchev–Trinajstić information content (AvgIpc) is 3.27. The van der Waals surface area contributed by atoms with Gasteiger partial charge < -0.3 is 18.9 Å². The summed E-state index contributed by atoms with van der Waals surface area (Å²) in [5, 5.41) is 0. The SMILES string of the molecule is O=C1OC(=O)c2cc(OC(F)(F)C3CCC(C(F)(F)Oc4ccc5c(c4)C(=O)OC5=O)CC3)ccc21. The maximum Gasteiger partial charge on any atom is 0.400 e. The van der Waals surface area contributed by atoms with Crippen molar-refractivity contribution in [1.82, 2.24) is 0 Å². The molecule has 0 atom stereocenters. The first-order valence-electron chi connectivity index (χ1n) is 10.9. The summed E-state index contributed by atoms with van der Waals surface area (Å²) in [6.45, 7) is 0. The normalized spacial score (nSPS) is 21.6. The zero-order valence-electron chi connectivity index (χ0n) is 18.2. The van der Waals surface area contributed by atoms with Crippen LogP contribution in [0.1, 0.15) is 67.1 Å². The fourth-order valence-electron chi connectivity index (χ4n) is 4.50. The highest BCUT2D eigenvalue weighted by molar-refractivity contribution is 6.15. The van der Waals surface area contributed by atoms with Crippen molar-refractivity contribution in [2.75, 3.05) is 0 Å². The molecule has 188 valence electrons. The first-order valence-corrected chi connectivity index (χ1v) is 10.9. The smallest absolute Gasteiger partial charge is 0.400 e. The number of carbonyl (C=O) groups is 4. The molecule has 8 nitrogen and oxygen atoms in total. The van der Waals surface area contributed by atoms with E-state index in [1.54, 1.807) is 0 Å². The summed E-state index contributed by atoms with van der Waals surface area (Å²) in [5.41, 5.74) is -0.522. The molecule has 1 saturated carbocycles. The highest BCUT2D eigenvalue weighted by Crippen LogP contribution is 2.45. The average molecular weight is 508 g/mol. The molecule has 0 bridgehead atoms. The van der Waals surface area contributed by atoms with Crippen molar-refractivity contribution in [3.8, 4) is 11.5 Å². The van der Waals surface area contributed by atoms with Crippen LogP contribution in [-0.2, 0) is 9.47 Å². The van der Waals surface area contributed by atoms with Gasteiger partial charge in [-0.05, 0) is 62.1 Å². The van der Waals surface area contributed by atoms with Crippen LogP contribution in [-0.4, -0.2) is 36.1 Å². The number of ether oxygens (including phenoxy) is 4. The molecule has 0 radical (unpaired) electrons. The van der Waals surface area contributed by atoms with E-state index in [0.29, 0.717) is 0 Å².